The Hall–Kier alpha value is -0.860. The Morgan fingerprint density at radius 2 is 0.944 bits per heavy atom. The van der Waals surface area contributed by atoms with Crippen molar-refractivity contribution in [2.24, 2.45) is 0 Å². The van der Waals surface area contributed by atoms with Crippen molar-refractivity contribution in [2.45, 2.75) is 65.7 Å². The van der Waals surface area contributed by atoms with Gasteiger partial charge in [-0.25, -0.2) is 0 Å². The molecule has 0 fully saturated rings. The van der Waals surface area contributed by atoms with E-state index in [-0.39, 0.29) is 11.1 Å². The fraction of sp³-hybridized carbons (Fsp3) is 0.625. The van der Waals surface area contributed by atoms with E-state index in [1.807, 2.05) is 0 Å². The van der Waals surface area contributed by atoms with Gasteiger partial charge in [0.05, 0.1) is 0 Å². The summed E-state index contributed by atoms with van der Waals surface area (Å²) in [5.74, 6) is 0. The highest BCUT2D eigenvalue weighted by Crippen LogP contribution is 2.08. The zero-order valence-corrected chi connectivity index (χ0v) is 12.7. The fourth-order valence-electron chi connectivity index (χ4n) is 1.51. The first-order valence-electron chi connectivity index (χ1n) is 6.74. The Balaban J connectivity index is 2.48. The molecule has 0 atom stereocenters. The van der Waals surface area contributed by atoms with Crippen LogP contribution < -0.4 is 10.6 Å². The van der Waals surface area contributed by atoms with Crippen molar-refractivity contribution in [3.63, 3.8) is 0 Å². The molecule has 0 spiro atoms. The number of hydrogen-bond acceptors (Lipinski definition) is 2. The smallest absolute Gasteiger partial charge is 0.0210 e. The predicted octanol–water partition coefficient (Wildman–Crippen LogP) is 3.46. The summed E-state index contributed by atoms with van der Waals surface area (Å²) in [5, 5.41) is 7.00. The first-order chi connectivity index (χ1) is 8.16. The van der Waals surface area contributed by atoms with E-state index in [1.165, 1.54) is 11.1 Å². The van der Waals surface area contributed by atoms with Crippen molar-refractivity contribution in [2.75, 3.05) is 0 Å². The van der Waals surface area contributed by atoms with Gasteiger partial charge in [0, 0.05) is 24.2 Å². The molecule has 0 aromatic heterocycles. The van der Waals surface area contributed by atoms with E-state index in [4.69, 9.17) is 0 Å². The van der Waals surface area contributed by atoms with Gasteiger partial charge in [-0.15, -0.1) is 0 Å². The van der Waals surface area contributed by atoms with E-state index < -0.39 is 0 Å². The van der Waals surface area contributed by atoms with E-state index in [0.717, 1.165) is 13.1 Å². The summed E-state index contributed by atoms with van der Waals surface area (Å²) in [4.78, 5) is 0. The molecule has 0 bridgehead atoms. The second-order valence-corrected chi connectivity index (χ2v) is 7.02. The molecule has 0 aliphatic rings. The van der Waals surface area contributed by atoms with Gasteiger partial charge in [-0.3, -0.25) is 0 Å². The lowest BCUT2D eigenvalue weighted by Gasteiger charge is -2.21. The van der Waals surface area contributed by atoms with Crippen LogP contribution >= 0.6 is 0 Å². The summed E-state index contributed by atoms with van der Waals surface area (Å²) in [5.41, 5.74) is 3.02. The molecule has 0 saturated carbocycles. The lowest BCUT2D eigenvalue weighted by Crippen LogP contribution is -2.35. The van der Waals surface area contributed by atoms with Crippen LogP contribution in [0.4, 0.5) is 0 Å². The third-order valence-electron chi connectivity index (χ3n) is 2.67. The Kier molecular flexibility index (Phi) is 4.94. The number of hydrogen-bond donors (Lipinski definition) is 2. The lowest BCUT2D eigenvalue weighted by atomic mass is 10.1. The maximum absolute atomic E-state index is 3.50. The van der Waals surface area contributed by atoms with Crippen molar-refractivity contribution in [1.82, 2.24) is 10.6 Å². The zero-order chi connectivity index (χ0) is 13.8. The summed E-state index contributed by atoms with van der Waals surface area (Å²) >= 11 is 0. The number of nitrogens with one attached hydrogen (secondary N) is 2. The standard InChI is InChI=1S/C16H28N2/c1-15(2,3)17-11-13-7-9-14(10-8-13)12-18-16(4,5)6/h7-10,17-18H,11-12H2,1-6H3. The highest BCUT2D eigenvalue weighted by atomic mass is 14.9. The van der Waals surface area contributed by atoms with Gasteiger partial charge in [0.1, 0.15) is 0 Å². The second-order valence-electron chi connectivity index (χ2n) is 7.02. The third-order valence-corrected chi connectivity index (χ3v) is 2.67. The molecule has 18 heavy (non-hydrogen) atoms. The molecule has 1 aromatic carbocycles. The normalized spacial score (nSPS) is 12.8. The minimum atomic E-state index is 0.173. The Morgan fingerprint density at radius 1 is 0.667 bits per heavy atom. The van der Waals surface area contributed by atoms with Crippen molar-refractivity contribution in [3.8, 4) is 0 Å². The first-order valence-corrected chi connectivity index (χ1v) is 6.74. The van der Waals surface area contributed by atoms with Crippen molar-refractivity contribution < 1.29 is 0 Å². The fourth-order valence-corrected chi connectivity index (χ4v) is 1.51. The van der Waals surface area contributed by atoms with E-state index in [1.54, 1.807) is 0 Å². The van der Waals surface area contributed by atoms with Crippen molar-refractivity contribution in [1.29, 1.82) is 0 Å². The van der Waals surface area contributed by atoms with Gasteiger partial charge in [-0.1, -0.05) is 24.3 Å². The van der Waals surface area contributed by atoms with Gasteiger partial charge in [0.25, 0.3) is 0 Å². The largest absolute Gasteiger partial charge is 0.308 e. The maximum atomic E-state index is 3.50. The van der Waals surface area contributed by atoms with Gasteiger partial charge in [0.2, 0.25) is 0 Å². The minimum absolute atomic E-state index is 0.173. The molecule has 102 valence electrons. The maximum Gasteiger partial charge on any atom is 0.0210 e. The summed E-state index contributed by atoms with van der Waals surface area (Å²) < 4.78 is 0. The predicted molar refractivity (Wildman–Crippen MR) is 79.6 cm³/mol. The lowest BCUT2D eigenvalue weighted by molar-refractivity contribution is 0.422. The molecule has 0 aliphatic heterocycles. The molecule has 2 heteroatoms. The summed E-state index contributed by atoms with van der Waals surface area (Å²) in [6.07, 6.45) is 0. The van der Waals surface area contributed by atoms with Crippen LogP contribution in [0.1, 0.15) is 52.7 Å². The molecule has 0 aliphatic carbocycles. The topological polar surface area (TPSA) is 24.1 Å². The monoisotopic (exact) mass is 248 g/mol. The Bertz CT molecular complexity index is 315. The molecule has 1 rings (SSSR count). The van der Waals surface area contributed by atoms with E-state index in [0.29, 0.717) is 0 Å². The molecule has 0 unspecified atom stereocenters. The summed E-state index contributed by atoms with van der Waals surface area (Å²) in [6.45, 7) is 15.0. The minimum Gasteiger partial charge on any atom is -0.308 e. The molecule has 0 saturated heterocycles. The van der Waals surface area contributed by atoms with Crippen LogP contribution in [-0.4, -0.2) is 11.1 Å². The van der Waals surface area contributed by atoms with Gasteiger partial charge in [-0.05, 0) is 52.7 Å². The van der Waals surface area contributed by atoms with Gasteiger partial charge >= 0.3 is 0 Å². The van der Waals surface area contributed by atoms with Crippen LogP contribution in [0, 0.1) is 0 Å². The van der Waals surface area contributed by atoms with Gasteiger partial charge < -0.3 is 10.6 Å². The molecular formula is C16H28N2. The van der Waals surface area contributed by atoms with E-state index >= 15 is 0 Å². The molecular weight excluding hydrogens is 220 g/mol. The quantitative estimate of drug-likeness (QED) is 0.852. The molecule has 0 amide bonds. The second kappa shape index (κ2) is 5.85. The highest BCUT2D eigenvalue weighted by Gasteiger charge is 2.09. The van der Waals surface area contributed by atoms with Crippen LogP contribution in [0.5, 0.6) is 0 Å². The van der Waals surface area contributed by atoms with Crippen LogP contribution in [0.2, 0.25) is 0 Å². The molecule has 2 nitrogen and oxygen atoms in total. The van der Waals surface area contributed by atoms with Crippen molar-refractivity contribution >= 4 is 0 Å². The molecule has 2 N–H and O–H groups in total. The van der Waals surface area contributed by atoms with Crippen LogP contribution in [0.25, 0.3) is 0 Å². The van der Waals surface area contributed by atoms with E-state index in [9.17, 15) is 0 Å². The average molecular weight is 248 g/mol. The van der Waals surface area contributed by atoms with Crippen LogP contribution in [0.3, 0.4) is 0 Å². The Morgan fingerprint density at radius 3 is 1.17 bits per heavy atom. The van der Waals surface area contributed by atoms with Crippen LogP contribution in [-0.2, 0) is 13.1 Å². The first kappa shape index (κ1) is 15.2. The summed E-state index contributed by atoms with van der Waals surface area (Å²) in [6, 6.07) is 8.83. The van der Waals surface area contributed by atoms with E-state index in [2.05, 4.69) is 76.4 Å². The van der Waals surface area contributed by atoms with Crippen LogP contribution in [0.15, 0.2) is 24.3 Å². The molecule has 1 aromatic rings. The van der Waals surface area contributed by atoms with Gasteiger partial charge in [0.15, 0.2) is 0 Å². The SMILES string of the molecule is CC(C)(C)NCc1ccc(CNC(C)(C)C)cc1. The van der Waals surface area contributed by atoms with Crippen molar-refractivity contribution in [3.05, 3.63) is 35.4 Å². The highest BCUT2D eigenvalue weighted by molar-refractivity contribution is 5.22. The number of benzene rings is 1. The number of rotatable bonds is 4. The third kappa shape index (κ3) is 6.77. The average Bonchev–Trinajstić information content (AvgIpc) is 2.23. The summed E-state index contributed by atoms with van der Waals surface area (Å²) in [7, 11) is 0. The Labute approximate surface area is 112 Å². The molecule has 0 radical (unpaired) electrons. The molecule has 0 heterocycles. The van der Waals surface area contributed by atoms with Gasteiger partial charge in [-0.2, -0.15) is 0 Å². The zero-order valence-electron chi connectivity index (χ0n) is 12.7.